The lowest BCUT2D eigenvalue weighted by Gasteiger charge is -2.29. The lowest BCUT2D eigenvalue weighted by molar-refractivity contribution is 0.190. The molecule has 136 valence electrons. The van der Waals surface area contributed by atoms with Crippen LogP contribution in [0.15, 0.2) is 33.9 Å². The van der Waals surface area contributed by atoms with Crippen LogP contribution >= 0.6 is 0 Å². The first-order chi connectivity index (χ1) is 12.5. The second kappa shape index (κ2) is 6.16. The summed E-state index contributed by atoms with van der Waals surface area (Å²) in [7, 11) is 0. The Balaban J connectivity index is 1.44. The first-order valence-corrected chi connectivity index (χ1v) is 8.92. The third-order valence-corrected chi connectivity index (χ3v) is 5.55. The minimum absolute atomic E-state index is 0.0418. The molecule has 26 heavy (non-hydrogen) atoms. The molecule has 1 aromatic carbocycles. The average Bonchev–Trinajstić information content (AvgIpc) is 3.40. The summed E-state index contributed by atoms with van der Waals surface area (Å²) in [6, 6.07) is 8.16. The summed E-state index contributed by atoms with van der Waals surface area (Å²) in [6.07, 6.45) is 2.59. The molecule has 0 atom stereocenters. The van der Waals surface area contributed by atoms with E-state index in [9.17, 15) is 14.4 Å². The molecule has 2 heterocycles. The number of H-pyrrole nitrogens is 2. The molecule has 3 N–H and O–H groups in total. The summed E-state index contributed by atoms with van der Waals surface area (Å²) in [5, 5.41) is 3.05. The molecule has 4 rings (SSSR count). The van der Waals surface area contributed by atoms with Gasteiger partial charge < -0.3 is 15.2 Å². The summed E-state index contributed by atoms with van der Waals surface area (Å²) in [6.45, 7) is 3.42. The van der Waals surface area contributed by atoms with Crippen molar-refractivity contribution in [2.24, 2.45) is 0 Å². The monoisotopic (exact) mass is 354 g/mol. The van der Waals surface area contributed by atoms with Crippen LogP contribution in [0.1, 0.15) is 35.2 Å². The number of aryl methyl sites for hydroxylation is 1. The van der Waals surface area contributed by atoms with Crippen LogP contribution < -0.4 is 16.6 Å². The molecule has 7 nitrogen and oxygen atoms in total. The van der Waals surface area contributed by atoms with Crippen molar-refractivity contribution in [2.45, 2.75) is 38.1 Å². The van der Waals surface area contributed by atoms with E-state index >= 15 is 0 Å². The number of fused-ring (bicyclic) bond motifs is 1. The molecule has 1 fully saturated rings. The maximum absolute atomic E-state index is 12.6. The number of amides is 2. The smallest absolute Gasteiger partial charge is 0.325 e. The van der Waals surface area contributed by atoms with E-state index in [2.05, 4.69) is 34.3 Å². The number of hydrogen-bond donors (Lipinski definition) is 3. The van der Waals surface area contributed by atoms with Gasteiger partial charge in [-0.15, -0.1) is 0 Å². The number of hydrogen-bond acceptors (Lipinski definition) is 3. The van der Waals surface area contributed by atoms with Crippen molar-refractivity contribution in [3.8, 4) is 0 Å². The lowest BCUT2D eigenvalue weighted by Crippen LogP contribution is -2.47. The number of urea groups is 1. The van der Waals surface area contributed by atoms with E-state index in [1.165, 1.54) is 11.1 Å². The minimum atomic E-state index is -0.535. The molecule has 2 aromatic rings. The fraction of sp³-hybridized carbons (Fsp3) is 0.421. The van der Waals surface area contributed by atoms with E-state index in [4.69, 9.17) is 0 Å². The van der Waals surface area contributed by atoms with E-state index in [-0.39, 0.29) is 23.6 Å². The predicted octanol–water partition coefficient (Wildman–Crippen LogP) is 1.17. The highest BCUT2D eigenvalue weighted by atomic mass is 16.2. The Morgan fingerprint density at radius 1 is 1.23 bits per heavy atom. The zero-order valence-corrected chi connectivity index (χ0v) is 14.7. The molecular formula is C19H22N4O3. The Kier molecular flexibility index (Phi) is 3.94. The Morgan fingerprint density at radius 2 is 2.00 bits per heavy atom. The van der Waals surface area contributed by atoms with Crippen molar-refractivity contribution in [3.05, 3.63) is 67.5 Å². The molecule has 0 unspecified atom stereocenters. The topological polar surface area (TPSA) is 98.1 Å². The van der Waals surface area contributed by atoms with Crippen molar-refractivity contribution in [1.29, 1.82) is 0 Å². The number of nitrogens with one attached hydrogen (secondary N) is 3. The van der Waals surface area contributed by atoms with Gasteiger partial charge in [0.2, 0.25) is 0 Å². The highest BCUT2D eigenvalue weighted by molar-refractivity contribution is 5.74. The molecule has 1 aliphatic carbocycles. The zero-order valence-electron chi connectivity index (χ0n) is 14.7. The normalized spacial score (nSPS) is 17.5. The van der Waals surface area contributed by atoms with E-state index in [0.29, 0.717) is 30.8 Å². The third kappa shape index (κ3) is 2.94. The van der Waals surface area contributed by atoms with Crippen LogP contribution in [-0.4, -0.2) is 34.0 Å². The zero-order chi connectivity index (χ0) is 18.3. The standard InChI is InChI=1S/C19H22N4O3/c1-12-4-2-3-5-14(12)19(7-8-19)11-20-18(26)23-9-6-13-15(10-23)21-17(25)22-16(13)24/h2-5H,6-11H2,1H3,(H,20,26)(H2,21,22,24,25). The SMILES string of the molecule is Cc1ccccc1C1(CNC(=O)N2CCc3c([nH]c(=O)[nH]c3=O)C2)CC1. The van der Waals surface area contributed by atoms with Gasteiger partial charge in [-0.2, -0.15) is 0 Å². The molecule has 0 radical (unpaired) electrons. The van der Waals surface area contributed by atoms with Gasteiger partial charge in [0.05, 0.1) is 6.54 Å². The Hall–Kier alpha value is -2.83. The Bertz CT molecular complexity index is 971. The maximum Gasteiger partial charge on any atom is 0.325 e. The van der Waals surface area contributed by atoms with Gasteiger partial charge in [-0.3, -0.25) is 9.78 Å². The van der Waals surface area contributed by atoms with Gasteiger partial charge in [-0.05, 0) is 37.3 Å². The lowest BCUT2D eigenvalue weighted by atomic mass is 9.92. The minimum Gasteiger partial charge on any atom is -0.337 e. The molecule has 7 heteroatoms. The number of aromatic amines is 2. The number of carbonyl (C=O) groups excluding carboxylic acids is 1. The van der Waals surface area contributed by atoms with Crippen LogP contribution in [0.4, 0.5) is 4.79 Å². The molecule has 0 bridgehead atoms. The largest absolute Gasteiger partial charge is 0.337 e. The van der Waals surface area contributed by atoms with Crippen molar-refractivity contribution < 1.29 is 4.79 Å². The number of nitrogens with zero attached hydrogens (tertiary/aromatic N) is 1. The van der Waals surface area contributed by atoms with Gasteiger partial charge in [0.25, 0.3) is 5.56 Å². The van der Waals surface area contributed by atoms with Crippen molar-refractivity contribution >= 4 is 6.03 Å². The first-order valence-electron chi connectivity index (χ1n) is 8.92. The molecule has 1 aromatic heterocycles. The van der Waals surface area contributed by atoms with Crippen LogP contribution in [0.3, 0.4) is 0 Å². The molecule has 2 aliphatic rings. The van der Waals surface area contributed by atoms with Gasteiger partial charge in [0.1, 0.15) is 0 Å². The molecular weight excluding hydrogens is 332 g/mol. The van der Waals surface area contributed by atoms with E-state index in [1.807, 2.05) is 12.1 Å². The van der Waals surface area contributed by atoms with Gasteiger partial charge in [-0.1, -0.05) is 24.3 Å². The van der Waals surface area contributed by atoms with Crippen LogP contribution in [0.25, 0.3) is 0 Å². The summed E-state index contributed by atoms with van der Waals surface area (Å²) >= 11 is 0. The third-order valence-electron chi connectivity index (χ3n) is 5.55. The Morgan fingerprint density at radius 3 is 2.73 bits per heavy atom. The van der Waals surface area contributed by atoms with Crippen LogP contribution in [-0.2, 0) is 18.4 Å². The van der Waals surface area contributed by atoms with Crippen LogP contribution in [0.2, 0.25) is 0 Å². The van der Waals surface area contributed by atoms with E-state index in [1.54, 1.807) is 4.90 Å². The fourth-order valence-corrected chi connectivity index (χ4v) is 3.87. The molecule has 1 saturated carbocycles. The maximum atomic E-state index is 12.6. The van der Waals surface area contributed by atoms with Gasteiger partial charge in [0, 0.05) is 29.8 Å². The summed E-state index contributed by atoms with van der Waals surface area (Å²) in [5.74, 6) is 0. The molecule has 0 saturated heterocycles. The van der Waals surface area contributed by atoms with Gasteiger partial charge in [0.15, 0.2) is 0 Å². The highest BCUT2D eigenvalue weighted by Gasteiger charge is 2.45. The average molecular weight is 354 g/mol. The van der Waals surface area contributed by atoms with E-state index in [0.717, 1.165) is 12.8 Å². The molecule has 0 spiro atoms. The quantitative estimate of drug-likeness (QED) is 0.772. The van der Waals surface area contributed by atoms with Crippen LogP contribution in [0.5, 0.6) is 0 Å². The summed E-state index contributed by atoms with van der Waals surface area (Å²) < 4.78 is 0. The summed E-state index contributed by atoms with van der Waals surface area (Å²) in [5.41, 5.74) is 2.79. The second-order valence-electron chi connectivity index (χ2n) is 7.29. The summed E-state index contributed by atoms with van der Waals surface area (Å²) in [4.78, 5) is 42.4. The highest BCUT2D eigenvalue weighted by Crippen LogP contribution is 2.48. The number of carbonyl (C=O) groups is 1. The fourth-order valence-electron chi connectivity index (χ4n) is 3.87. The van der Waals surface area contributed by atoms with Crippen molar-refractivity contribution in [3.63, 3.8) is 0 Å². The van der Waals surface area contributed by atoms with Crippen LogP contribution in [0, 0.1) is 6.92 Å². The molecule has 2 amide bonds. The number of aromatic nitrogens is 2. The first kappa shape index (κ1) is 16.6. The van der Waals surface area contributed by atoms with Crippen molar-refractivity contribution in [2.75, 3.05) is 13.1 Å². The second-order valence-corrected chi connectivity index (χ2v) is 7.29. The number of benzene rings is 1. The predicted molar refractivity (Wildman–Crippen MR) is 97.3 cm³/mol. The van der Waals surface area contributed by atoms with Crippen molar-refractivity contribution in [1.82, 2.24) is 20.2 Å². The Labute approximate surface area is 150 Å². The van der Waals surface area contributed by atoms with E-state index < -0.39 is 5.69 Å². The van der Waals surface area contributed by atoms with Gasteiger partial charge >= 0.3 is 11.7 Å². The number of rotatable bonds is 3. The molecule has 1 aliphatic heterocycles. The van der Waals surface area contributed by atoms with Gasteiger partial charge in [-0.25, -0.2) is 9.59 Å².